The molecule has 0 unspecified atom stereocenters. The molecule has 1 saturated heterocycles. The average molecular weight is 353 g/mol. The summed E-state index contributed by atoms with van der Waals surface area (Å²) in [5, 5.41) is 6.77. The first-order chi connectivity index (χ1) is 12.2. The number of benzene rings is 1. The summed E-state index contributed by atoms with van der Waals surface area (Å²) in [4.78, 5) is 19.3. The van der Waals surface area contributed by atoms with Gasteiger partial charge in [0.2, 0.25) is 0 Å². The zero-order valence-corrected chi connectivity index (χ0v) is 14.8. The minimum Gasteiger partial charge on any atom is -0.359 e. The SMILES string of the molecule is Cc1cc([C@H]2CCCN2C(=O)c2csc(Cc3ccccc3)n2)on1. The van der Waals surface area contributed by atoms with E-state index in [2.05, 4.69) is 22.3 Å². The molecular formula is C19H19N3O2S. The fourth-order valence-corrected chi connectivity index (χ4v) is 4.06. The fraction of sp³-hybridized carbons (Fsp3) is 0.316. The summed E-state index contributed by atoms with van der Waals surface area (Å²) in [6.07, 6.45) is 2.63. The monoisotopic (exact) mass is 353 g/mol. The smallest absolute Gasteiger partial charge is 0.273 e. The predicted molar refractivity (Wildman–Crippen MR) is 95.6 cm³/mol. The molecule has 1 amide bonds. The van der Waals surface area contributed by atoms with E-state index in [4.69, 9.17) is 4.52 Å². The van der Waals surface area contributed by atoms with Crippen LogP contribution in [-0.2, 0) is 6.42 Å². The average Bonchev–Trinajstić information content (AvgIpc) is 3.35. The fourth-order valence-electron chi connectivity index (χ4n) is 3.25. The molecule has 6 heteroatoms. The van der Waals surface area contributed by atoms with Gasteiger partial charge in [-0.05, 0) is 25.3 Å². The van der Waals surface area contributed by atoms with Gasteiger partial charge in [0, 0.05) is 24.4 Å². The van der Waals surface area contributed by atoms with E-state index >= 15 is 0 Å². The molecule has 1 atom stereocenters. The summed E-state index contributed by atoms with van der Waals surface area (Å²) in [6, 6.07) is 12.1. The minimum atomic E-state index is -0.0343. The van der Waals surface area contributed by atoms with Crippen LogP contribution in [0, 0.1) is 6.92 Å². The van der Waals surface area contributed by atoms with Gasteiger partial charge >= 0.3 is 0 Å². The largest absolute Gasteiger partial charge is 0.359 e. The molecule has 5 nitrogen and oxygen atoms in total. The zero-order chi connectivity index (χ0) is 17.2. The van der Waals surface area contributed by atoms with Crippen LogP contribution in [0.15, 0.2) is 46.3 Å². The van der Waals surface area contributed by atoms with Gasteiger partial charge in [0.15, 0.2) is 5.76 Å². The number of amides is 1. The number of thiazole rings is 1. The van der Waals surface area contributed by atoms with Crippen molar-refractivity contribution in [1.82, 2.24) is 15.0 Å². The van der Waals surface area contributed by atoms with Gasteiger partial charge in [-0.2, -0.15) is 0 Å². The van der Waals surface area contributed by atoms with Crippen molar-refractivity contribution in [3.8, 4) is 0 Å². The summed E-state index contributed by atoms with van der Waals surface area (Å²) >= 11 is 1.54. The number of aryl methyl sites for hydroxylation is 1. The van der Waals surface area contributed by atoms with Crippen LogP contribution in [0.1, 0.15) is 51.4 Å². The molecule has 25 heavy (non-hydrogen) atoms. The topological polar surface area (TPSA) is 59.2 Å². The predicted octanol–water partition coefficient (Wildman–Crippen LogP) is 4.01. The Morgan fingerprint density at radius 1 is 1.36 bits per heavy atom. The Hall–Kier alpha value is -2.47. The van der Waals surface area contributed by atoms with Crippen LogP contribution in [0.4, 0.5) is 0 Å². The summed E-state index contributed by atoms with van der Waals surface area (Å²) in [5.74, 6) is 0.746. The molecule has 0 bridgehead atoms. The molecule has 0 radical (unpaired) electrons. The Bertz CT molecular complexity index is 872. The highest BCUT2D eigenvalue weighted by molar-refractivity contribution is 7.09. The van der Waals surface area contributed by atoms with Gasteiger partial charge in [-0.3, -0.25) is 4.79 Å². The molecule has 3 heterocycles. The van der Waals surface area contributed by atoms with Crippen LogP contribution >= 0.6 is 11.3 Å². The molecule has 3 aromatic rings. The van der Waals surface area contributed by atoms with Gasteiger partial charge in [-0.1, -0.05) is 35.5 Å². The van der Waals surface area contributed by atoms with Crippen molar-refractivity contribution in [3.63, 3.8) is 0 Å². The Morgan fingerprint density at radius 2 is 2.20 bits per heavy atom. The second-order valence-corrected chi connectivity index (χ2v) is 7.26. The number of likely N-dealkylation sites (tertiary alicyclic amines) is 1. The first-order valence-electron chi connectivity index (χ1n) is 8.43. The summed E-state index contributed by atoms with van der Waals surface area (Å²) < 4.78 is 5.39. The van der Waals surface area contributed by atoms with Gasteiger partial charge in [0.25, 0.3) is 5.91 Å². The van der Waals surface area contributed by atoms with Crippen LogP contribution in [0.5, 0.6) is 0 Å². The summed E-state index contributed by atoms with van der Waals surface area (Å²) in [7, 11) is 0. The molecule has 1 fully saturated rings. The lowest BCUT2D eigenvalue weighted by molar-refractivity contribution is 0.0709. The first-order valence-corrected chi connectivity index (χ1v) is 9.31. The lowest BCUT2D eigenvalue weighted by Gasteiger charge is -2.21. The van der Waals surface area contributed by atoms with E-state index in [0.29, 0.717) is 5.69 Å². The number of nitrogens with zero attached hydrogens (tertiary/aromatic N) is 3. The van der Waals surface area contributed by atoms with Gasteiger partial charge in [-0.25, -0.2) is 4.98 Å². The third-order valence-electron chi connectivity index (χ3n) is 4.46. The van der Waals surface area contributed by atoms with Crippen molar-refractivity contribution in [2.45, 2.75) is 32.2 Å². The molecule has 0 saturated carbocycles. The maximum absolute atomic E-state index is 12.9. The molecule has 1 aliphatic heterocycles. The highest BCUT2D eigenvalue weighted by atomic mass is 32.1. The molecule has 1 aromatic carbocycles. The number of aromatic nitrogens is 2. The number of carbonyl (C=O) groups is 1. The minimum absolute atomic E-state index is 0.0212. The van der Waals surface area contributed by atoms with Crippen LogP contribution in [0.2, 0.25) is 0 Å². The Kier molecular flexibility index (Phi) is 4.36. The lowest BCUT2D eigenvalue weighted by atomic mass is 10.1. The van der Waals surface area contributed by atoms with Crippen molar-refractivity contribution < 1.29 is 9.32 Å². The van der Waals surface area contributed by atoms with E-state index in [1.165, 1.54) is 16.9 Å². The molecule has 0 spiro atoms. The zero-order valence-electron chi connectivity index (χ0n) is 14.0. The Balaban J connectivity index is 1.51. The highest BCUT2D eigenvalue weighted by Crippen LogP contribution is 2.33. The van der Waals surface area contributed by atoms with Crippen molar-refractivity contribution >= 4 is 17.2 Å². The van der Waals surface area contributed by atoms with Crippen molar-refractivity contribution in [2.75, 3.05) is 6.54 Å². The van der Waals surface area contributed by atoms with Crippen molar-refractivity contribution in [2.24, 2.45) is 0 Å². The summed E-state index contributed by atoms with van der Waals surface area (Å²) in [5.41, 5.74) is 2.57. The highest BCUT2D eigenvalue weighted by Gasteiger charge is 2.34. The number of rotatable bonds is 4. The second kappa shape index (κ2) is 6.80. The molecule has 128 valence electrons. The molecule has 2 aromatic heterocycles. The number of hydrogen-bond acceptors (Lipinski definition) is 5. The molecular weight excluding hydrogens is 334 g/mol. The van der Waals surface area contributed by atoms with E-state index in [9.17, 15) is 4.79 Å². The molecule has 0 aliphatic carbocycles. The molecule has 4 rings (SSSR count). The van der Waals surface area contributed by atoms with E-state index < -0.39 is 0 Å². The van der Waals surface area contributed by atoms with Gasteiger partial charge in [0.05, 0.1) is 16.7 Å². The third kappa shape index (κ3) is 3.35. The van der Waals surface area contributed by atoms with Crippen LogP contribution < -0.4 is 0 Å². The van der Waals surface area contributed by atoms with Crippen LogP contribution in [0.3, 0.4) is 0 Å². The maximum Gasteiger partial charge on any atom is 0.273 e. The Morgan fingerprint density at radius 3 is 2.96 bits per heavy atom. The van der Waals surface area contributed by atoms with Gasteiger partial charge < -0.3 is 9.42 Å². The number of carbonyl (C=O) groups excluding carboxylic acids is 1. The summed E-state index contributed by atoms with van der Waals surface area (Å²) in [6.45, 7) is 2.62. The Labute approximate surface area is 150 Å². The third-order valence-corrected chi connectivity index (χ3v) is 5.31. The molecule has 1 aliphatic rings. The normalized spacial score (nSPS) is 17.2. The van der Waals surface area contributed by atoms with Crippen molar-refractivity contribution in [1.29, 1.82) is 0 Å². The van der Waals surface area contributed by atoms with Crippen molar-refractivity contribution in [3.05, 3.63) is 69.5 Å². The van der Waals surface area contributed by atoms with E-state index in [0.717, 1.165) is 42.3 Å². The van der Waals surface area contributed by atoms with Crippen LogP contribution in [-0.4, -0.2) is 27.5 Å². The van der Waals surface area contributed by atoms with Gasteiger partial charge in [0.1, 0.15) is 5.69 Å². The second-order valence-electron chi connectivity index (χ2n) is 6.32. The van der Waals surface area contributed by atoms with E-state index in [1.54, 1.807) is 0 Å². The maximum atomic E-state index is 12.9. The standard InChI is InChI=1S/C19H19N3O2S/c1-13-10-17(24-21-13)16-8-5-9-22(16)19(23)15-12-25-18(20-15)11-14-6-3-2-4-7-14/h2-4,6-7,10,12,16H,5,8-9,11H2,1H3/t16-/m1/s1. The van der Waals surface area contributed by atoms with Crippen LogP contribution in [0.25, 0.3) is 0 Å². The van der Waals surface area contributed by atoms with Gasteiger partial charge in [-0.15, -0.1) is 11.3 Å². The quantitative estimate of drug-likeness (QED) is 0.711. The van der Waals surface area contributed by atoms with E-state index in [1.807, 2.05) is 41.5 Å². The first kappa shape index (κ1) is 16.0. The number of hydrogen-bond donors (Lipinski definition) is 0. The van der Waals surface area contributed by atoms with E-state index in [-0.39, 0.29) is 11.9 Å². The lowest BCUT2D eigenvalue weighted by Crippen LogP contribution is -2.30. The molecule has 0 N–H and O–H groups in total.